The van der Waals surface area contributed by atoms with E-state index in [1.807, 2.05) is 0 Å². The number of hydrogen-bond donors (Lipinski definition) is 1. The maximum atomic E-state index is 11.2. The number of ether oxygens (including phenoxy) is 4. The topological polar surface area (TPSA) is 74.2 Å². The molecule has 0 aromatic heterocycles. The molecule has 0 spiro atoms. The third kappa shape index (κ3) is 4.49. The lowest BCUT2D eigenvalue weighted by Gasteiger charge is -2.22. The van der Waals surface area contributed by atoms with Crippen LogP contribution in [-0.4, -0.2) is 49.1 Å². The van der Waals surface area contributed by atoms with Crippen LogP contribution < -0.4 is 0 Å². The summed E-state index contributed by atoms with van der Waals surface area (Å²) in [5.74, 6) is -0.761. The Balaban J connectivity index is 2.68. The zero-order valence-electron chi connectivity index (χ0n) is 11.8. The van der Waals surface area contributed by atoms with E-state index in [1.165, 1.54) is 7.11 Å². The van der Waals surface area contributed by atoms with Crippen molar-refractivity contribution in [2.75, 3.05) is 13.7 Å². The molecule has 0 aliphatic carbocycles. The summed E-state index contributed by atoms with van der Waals surface area (Å²) in [4.78, 5) is 11.2. The van der Waals surface area contributed by atoms with Crippen LogP contribution in [0.25, 0.3) is 0 Å². The summed E-state index contributed by atoms with van der Waals surface area (Å²) in [5.41, 5.74) is 0.676. The van der Waals surface area contributed by atoms with Crippen molar-refractivity contribution in [3.63, 3.8) is 0 Å². The summed E-state index contributed by atoms with van der Waals surface area (Å²) in [6.07, 6.45) is -1.76. The second-order valence-electron chi connectivity index (χ2n) is 5.04. The molecule has 0 bridgehead atoms. The highest BCUT2D eigenvalue weighted by molar-refractivity contribution is 5.60. The molecular formula is C13H22O6. The molecule has 1 fully saturated rings. The Morgan fingerprint density at radius 1 is 1.42 bits per heavy atom. The Bertz CT molecular complexity index is 338. The van der Waals surface area contributed by atoms with Crippen molar-refractivity contribution in [3.8, 4) is 0 Å². The number of rotatable bonds is 5. The molecule has 0 saturated carbocycles. The standard InChI is InChI=1S/C13H22O6/c1-8(2)9(17-12(15)16-5)6-10-11(7-14)19-13(3,4)18-10/h9-11,14H,1,6-7H2,2-5H3/t9-,10+,11+/m1/s1. The third-order valence-corrected chi connectivity index (χ3v) is 2.87. The Morgan fingerprint density at radius 2 is 2.00 bits per heavy atom. The lowest BCUT2D eigenvalue weighted by Crippen LogP contribution is -2.32. The molecule has 19 heavy (non-hydrogen) atoms. The van der Waals surface area contributed by atoms with Crippen molar-refractivity contribution in [1.29, 1.82) is 0 Å². The van der Waals surface area contributed by atoms with Gasteiger partial charge >= 0.3 is 6.16 Å². The highest BCUT2D eigenvalue weighted by Crippen LogP contribution is 2.31. The van der Waals surface area contributed by atoms with E-state index < -0.39 is 24.2 Å². The normalized spacial score (nSPS) is 26.8. The van der Waals surface area contributed by atoms with Crippen LogP contribution in [0, 0.1) is 0 Å². The smallest absolute Gasteiger partial charge is 0.438 e. The van der Waals surface area contributed by atoms with Crippen LogP contribution >= 0.6 is 0 Å². The van der Waals surface area contributed by atoms with Crippen molar-refractivity contribution in [3.05, 3.63) is 12.2 Å². The molecular weight excluding hydrogens is 252 g/mol. The first-order valence-electron chi connectivity index (χ1n) is 6.15. The number of aliphatic hydroxyl groups is 1. The van der Waals surface area contributed by atoms with Crippen LogP contribution in [0.1, 0.15) is 27.2 Å². The van der Waals surface area contributed by atoms with Gasteiger partial charge in [0.15, 0.2) is 5.79 Å². The minimum atomic E-state index is -0.772. The molecule has 0 radical (unpaired) electrons. The fraction of sp³-hybridized carbons (Fsp3) is 0.769. The van der Waals surface area contributed by atoms with Crippen molar-refractivity contribution in [2.24, 2.45) is 0 Å². The first kappa shape index (κ1) is 15.9. The maximum absolute atomic E-state index is 11.2. The summed E-state index contributed by atoms with van der Waals surface area (Å²) < 4.78 is 20.8. The minimum absolute atomic E-state index is 0.158. The first-order valence-corrected chi connectivity index (χ1v) is 6.15. The SMILES string of the molecule is C=C(C)[C@@H](C[C@@H]1OC(C)(C)O[C@H]1CO)OC(=O)OC. The predicted molar refractivity (Wildman–Crippen MR) is 67.6 cm³/mol. The van der Waals surface area contributed by atoms with Gasteiger partial charge in [-0.25, -0.2) is 4.79 Å². The van der Waals surface area contributed by atoms with E-state index >= 15 is 0 Å². The Labute approximate surface area is 113 Å². The molecule has 1 aliphatic rings. The second-order valence-corrected chi connectivity index (χ2v) is 5.04. The zero-order valence-corrected chi connectivity index (χ0v) is 11.8. The Morgan fingerprint density at radius 3 is 2.47 bits per heavy atom. The molecule has 6 heteroatoms. The summed E-state index contributed by atoms with van der Waals surface area (Å²) in [5, 5.41) is 9.29. The second kappa shape index (κ2) is 6.36. The lowest BCUT2D eigenvalue weighted by atomic mass is 10.0. The van der Waals surface area contributed by atoms with Gasteiger partial charge in [0.2, 0.25) is 0 Å². The summed E-state index contributed by atoms with van der Waals surface area (Å²) in [7, 11) is 1.24. The predicted octanol–water partition coefficient (Wildman–Crippen LogP) is 1.62. The highest BCUT2D eigenvalue weighted by Gasteiger charge is 2.42. The Hall–Kier alpha value is -1.11. The molecule has 3 atom stereocenters. The summed E-state index contributed by atoms with van der Waals surface area (Å²) in [6.45, 7) is 8.92. The van der Waals surface area contributed by atoms with E-state index in [0.29, 0.717) is 12.0 Å². The number of hydrogen-bond acceptors (Lipinski definition) is 6. The fourth-order valence-corrected chi connectivity index (χ4v) is 1.99. The minimum Gasteiger partial charge on any atom is -0.438 e. The van der Waals surface area contributed by atoms with Gasteiger partial charge in [0.25, 0.3) is 0 Å². The molecule has 1 rings (SSSR count). The molecule has 0 aromatic rings. The van der Waals surface area contributed by atoms with E-state index in [0.717, 1.165) is 0 Å². The maximum Gasteiger partial charge on any atom is 0.508 e. The van der Waals surface area contributed by atoms with Gasteiger partial charge in [-0.2, -0.15) is 0 Å². The van der Waals surface area contributed by atoms with E-state index in [-0.39, 0.29) is 12.7 Å². The van der Waals surface area contributed by atoms with Crippen LogP contribution in [0.4, 0.5) is 4.79 Å². The van der Waals surface area contributed by atoms with Gasteiger partial charge in [0.1, 0.15) is 12.2 Å². The van der Waals surface area contributed by atoms with Gasteiger partial charge in [-0.05, 0) is 26.3 Å². The van der Waals surface area contributed by atoms with Gasteiger partial charge in [-0.1, -0.05) is 6.58 Å². The number of methoxy groups -OCH3 is 1. The van der Waals surface area contributed by atoms with Gasteiger partial charge in [-0.15, -0.1) is 0 Å². The highest BCUT2D eigenvalue weighted by atomic mass is 16.8. The molecule has 1 saturated heterocycles. The van der Waals surface area contributed by atoms with Gasteiger partial charge in [0.05, 0.1) is 19.8 Å². The van der Waals surface area contributed by atoms with Gasteiger partial charge in [-0.3, -0.25) is 0 Å². The van der Waals surface area contributed by atoms with E-state index in [1.54, 1.807) is 20.8 Å². The molecule has 0 amide bonds. The molecule has 6 nitrogen and oxygen atoms in total. The average Bonchev–Trinajstić information content (AvgIpc) is 2.62. The van der Waals surface area contributed by atoms with Gasteiger partial charge in [0, 0.05) is 6.42 Å². The Kier molecular flexibility index (Phi) is 5.34. The monoisotopic (exact) mass is 274 g/mol. The summed E-state index contributed by atoms with van der Waals surface area (Å²) >= 11 is 0. The van der Waals surface area contributed by atoms with Crippen LogP contribution in [0.15, 0.2) is 12.2 Å². The van der Waals surface area contributed by atoms with Crippen LogP contribution in [0.3, 0.4) is 0 Å². The van der Waals surface area contributed by atoms with E-state index in [2.05, 4.69) is 11.3 Å². The molecule has 0 unspecified atom stereocenters. The van der Waals surface area contributed by atoms with Crippen LogP contribution in [0.2, 0.25) is 0 Å². The molecule has 1 N–H and O–H groups in total. The van der Waals surface area contributed by atoms with Crippen molar-refractivity contribution in [1.82, 2.24) is 0 Å². The van der Waals surface area contributed by atoms with Gasteiger partial charge < -0.3 is 24.1 Å². The summed E-state index contributed by atoms with van der Waals surface area (Å²) in [6, 6.07) is 0. The molecule has 1 aliphatic heterocycles. The molecule has 0 aromatic carbocycles. The van der Waals surface area contributed by atoms with Crippen LogP contribution in [0.5, 0.6) is 0 Å². The first-order chi connectivity index (χ1) is 8.79. The largest absolute Gasteiger partial charge is 0.508 e. The number of aliphatic hydroxyl groups excluding tert-OH is 1. The number of carbonyl (C=O) groups is 1. The number of carbonyl (C=O) groups excluding carboxylic acids is 1. The van der Waals surface area contributed by atoms with Crippen molar-refractivity contribution < 1.29 is 28.8 Å². The van der Waals surface area contributed by atoms with Crippen molar-refractivity contribution >= 4 is 6.16 Å². The fourth-order valence-electron chi connectivity index (χ4n) is 1.99. The average molecular weight is 274 g/mol. The third-order valence-electron chi connectivity index (χ3n) is 2.87. The van der Waals surface area contributed by atoms with Crippen molar-refractivity contribution in [2.45, 2.75) is 51.3 Å². The van der Waals surface area contributed by atoms with E-state index in [4.69, 9.17) is 14.2 Å². The van der Waals surface area contributed by atoms with E-state index in [9.17, 15) is 9.90 Å². The molecule has 1 heterocycles. The molecule has 110 valence electrons. The quantitative estimate of drug-likeness (QED) is 0.606. The lowest BCUT2D eigenvalue weighted by molar-refractivity contribution is -0.150. The van der Waals surface area contributed by atoms with Crippen LogP contribution in [-0.2, 0) is 18.9 Å². The zero-order chi connectivity index (χ0) is 14.6.